The first-order valence-electron chi connectivity index (χ1n) is 5.02. The summed E-state index contributed by atoms with van der Waals surface area (Å²) in [5.41, 5.74) is 9.79. The molecule has 0 atom stereocenters. The molecule has 0 aliphatic heterocycles. The van der Waals surface area contributed by atoms with Crippen LogP contribution in [-0.4, -0.2) is 18.4 Å². The fourth-order valence-corrected chi connectivity index (χ4v) is 1.25. The van der Waals surface area contributed by atoms with Gasteiger partial charge in [-0.3, -0.25) is 5.43 Å². The standard InChI is InChI=1S/C12H15N3OS/c1-9(8-14-15-12(13)17)7-10-3-5-11(16-2)6-4-10/h3-8H,1-2H3,(H3,13,15,17)/b9-7+,14-8+. The molecule has 0 fully saturated rings. The molecule has 5 heteroatoms. The quantitative estimate of drug-likeness (QED) is 0.486. The molecule has 0 aliphatic carbocycles. The molecule has 1 aromatic rings. The van der Waals surface area contributed by atoms with Gasteiger partial charge in [-0.25, -0.2) is 0 Å². The molecule has 0 radical (unpaired) electrons. The van der Waals surface area contributed by atoms with Crippen LogP contribution < -0.4 is 15.9 Å². The molecule has 90 valence electrons. The van der Waals surface area contributed by atoms with E-state index in [-0.39, 0.29) is 5.11 Å². The van der Waals surface area contributed by atoms with Crippen LogP contribution in [0.15, 0.2) is 34.9 Å². The van der Waals surface area contributed by atoms with E-state index in [2.05, 4.69) is 22.7 Å². The zero-order valence-electron chi connectivity index (χ0n) is 9.81. The van der Waals surface area contributed by atoms with Gasteiger partial charge in [-0.05, 0) is 42.4 Å². The van der Waals surface area contributed by atoms with Gasteiger partial charge in [-0.2, -0.15) is 5.10 Å². The topological polar surface area (TPSA) is 59.6 Å². The van der Waals surface area contributed by atoms with Crippen LogP contribution in [-0.2, 0) is 0 Å². The Hall–Kier alpha value is -1.88. The Bertz CT molecular complexity index is 438. The molecular weight excluding hydrogens is 234 g/mol. The number of hydrogen-bond donors (Lipinski definition) is 2. The summed E-state index contributed by atoms with van der Waals surface area (Å²) in [6, 6.07) is 7.75. The van der Waals surface area contributed by atoms with E-state index in [0.29, 0.717) is 0 Å². The van der Waals surface area contributed by atoms with Gasteiger partial charge in [-0.15, -0.1) is 0 Å². The van der Waals surface area contributed by atoms with Crippen LogP contribution in [0.1, 0.15) is 12.5 Å². The van der Waals surface area contributed by atoms with Crippen LogP contribution in [0, 0.1) is 0 Å². The maximum atomic E-state index is 5.24. The Morgan fingerprint density at radius 2 is 2.06 bits per heavy atom. The second-order valence-corrected chi connectivity index (χ2v) is 3.84. The minimum atomic E-state index is 0.151. The number of thiocarbonyl (C=S) groups is 1. The van der Waals surface area contributed by atoms with Gasteiger partial charge < -0.3 is 10.5 Å². The van der Waals surface area contributed by atoms with E-state index in [9.17, 15) is 0 Å². The Morgan fingerprint density at radius 1 is 1.41 bits per heavy atom. The molecule has 0 bridgehead atoms. The van der Waals surface area contributed by atoms with Crippen LogP contribution in [0.3, 0.4) is 0 Å². The summed E-state index contributed by atoms with van der Waals surface area (Å²) in [4.78, 5) is 0. The zero-order valence-corrected chi connectivity index (χ0v) is 10.6. The molecular formula is C12H15N3OS. The molecule has 0 aliphatic rings. The maximum Gasteiger partial charge on any atom is 0.184 e. The highest BCUT2D eigenvalue weighted by Gasteiger charge is 1.91. The fourth-order valence-electron chi connectivity index (χ4n) is 1.20. The highest BCUT2D eigenvalue weighted by atomic mass is 32.1. The number of benzene rings is 1. The van der Waals surface area contributed by atoms with E-state index in [1.165, 1.54) is 0 Å². The van der Waals surface area contributed by atoms with Crippen molar-refractivity contribution in [2.75, 3.05) is 7.11 Å². The molecule has 0 saturated carbocycles. The Morgan fingerprint density at radius 3 is 2.59 bits per heavy atom. The summed E-state index contributed by atoms with van der Waals surface area (Å²) < 4.78 is 5.08. The number of rotatable bonds is 4. The third-order valence-corrected chi connectivity index (χ3v) is 2.04. The molecule has 3 N–H and O–H groups in total. The van der Waals surface area contributed by atoms with Crippen molar-refractivity contribution in [3.63, 3.8) is 0 Å². The predicted molar refractivity (Wildman–Crippen MR) is 75.1 cm³/mol. The van der Waals surface area contributed by atoms with Gasteiger partial charge in [0.25, 0.3) is 0 Å². The van der Waals surface area contributed by atoms with Crippen LogP contribution in [0.4, 0.5) is 0 Å². The van der Waals surface area contributed by atoms with Gasteiger partial charge >= 0.3 is 0 Å². The number of nitrogens with two attached hydrogens (primary N) is 1. The summed E-state index contributed by atoms with van der Waals surface area (Å²) in [6.45, 7) is 1.94. The van der Waals surface area contributed by atoms with Crippen molar-refractivity contribution in [2.24, 2.45) is 10.8 Å². The number of nitrogens with one attached hydrogen (secondary N) is 1. The van der Waals surface area contributed by atoms with Crippen LogP contribution in [0.2, 0.25) is 0 Å². The van der Waals surface area contributed by atoms with Crippen molar-refractivity contribution >= 4 is 29.6 Å². The van der Waals surface area contributed by atoms with Gasteiger partial charge in [0.15, 0.2) is 5.11 Å². The first-order valence-corrected chi connectivity index (χ1v) is 5.43. The number of hydrogen-bond acceptors (Lipinski definition) is 3. The molecule has 1 rings (SSSR count). The average Bonchev–Trinajstić information content (AvgIpc) is 2.29. The summed E-state index contributed by atoms with van der Waals surface area (Å²) in [6.07, 6.45) is 3.65. The molecule has 0 heterocycles. The summed E-state index contributed by atoms with van der Waals surface area (Å²) >= 11 is 4.62. The minimum Gasteiger partial charge on any atom is -0.497 e. The number of hydrazone groups is 1. The van der Waals surface area contributed by atoms with Crippen molar-refractivity contribution in [3.05, 3.63) is 35.4 Å². The molecule has 1 aromatic carbocycles. The normalized spacial score (nSPS) is 11.5. The summed E-state index contributed by atoms with van der Waals surface area (Å²) in [5.74, 6) is 0.837. The Balaban J connectivity index is 2.66. The highest BCUT2D eigenvalue weighted by molar-refractivity contribution is 7.80. The summed E-state index contributed by atoms with van der Waals surface area (Å²) in [5, 5.41) is 4.02. The van der Waals surface area contributed by atoms with E-state index in [0.717, 1.165) is 16.9 Å². The van der Waals surface area contributed by atoms with Crippen molar-refractivity contribution in [2.45, 2.75) is 6.92 Å². The van der Waals surface area contributed by atoms with Crippen LogP contribution in [0.5, 0.6) is 5.75 Å². The zero-order chi connectivity index (χ0) is 12.7. The molecule has 0 unspecified atom stereocenters. The van der Waals surface area contributed by atoms with E-state index in [4.69, 9.17) is 10.5 Å². The highest BCUT2D eigenvalue weighted by Crippen LogP contribution is 2.13. The third kappa shape index (κ3) is 5.12. The van der Waals surface area contributed by atoms with E-state index in [1.807, 2.05) is 37.3 Å². The maximum absolute atomic E-state index is 5.24. The summed E-state index contributed by atoms with van der Waals surface area (Å²) in [7, 11) is 1.64. The van der Waals surface area contributed by atoms with Crippen molar-refractivity contribution in [1.82, 2.24) is 5.43 Å². The Kier molecular flexibility index (Phi) is 5.16. The first-order chi connectivity index (χ1) is 8.11. The SMILES string of the molecule is COc1ccc(/C=C(C)/C=N/NC(N)=S)cc1. The van der Waals surface area contributed by atoms with Gasteiger partial charge in [0, 0.05) is 0 Å². The molecule has 0 saturated heterocycles. The minimum absolute atomic E-state index is 0.151. The lowest BCUT2D eigenvalue weighted by atomic mass is 10.1. The molecule has 0 amide bonds. The van der Waals surface area contributed by atoms with Crippen molar-refractivity contribution < 1.29 is 4.74 Å². The number of ether oxygens (including phenoxy) is 1. The Labute approximate surface area is 106 Å². The van der Waals surface area contributed by atoms with Crippen molar-refractivity contribution in [1.29, 1.82) is 0 Å². The smallest absolute Gasteiger partial charge is 0.184 e. The monoisotopic (exact) mass is 249 g/mol. The molecule has 0 spiro atoms. The third-order valence-electron chi connectivity index (χ3n) is 1.95. The van der Waals surface area contributed by atoms with Crippen LogP contribution in [0.25, 0.3) is 6.08 Å². The molecule has 17 heavy (non-hydrogen) atoms. The second-order valence-electron chi connectivity index (χ2n) is 3.40. The molecule has 4 nitrogen and oxygen atoms in total. The first kappa shape index (κ1) is 13.2. The number of allylic oxidation sites excluding steroid dienone is 1. The van der Waals surface area contributed by atoms with Gasteiger partial charge in [0.05, 0.1) is 13.3 Å². The number of nitrogens with zero attached hydrogens (tertiary/aromatic N) is 1. The van der Waals surface area contributed by atoms with Gasteiger partial charge in [0.2, 0.25) is 0 Å². The lowest BCUT2D eigenvalue weighted by Crippen LogP contribution is -2.23. The largest absolute Gasteiger partial charge is 0.497 e. The fraction of sp³-hybridized carbons (Fsp3) is 0.167. The van der Waals surface area contributed by atoms with Crippen molar-refractivity contribution in [3.8, 4) is 5.75 Å². The average molecular weight is 249 g/mol. The van der Waals surface area contributed by atoms with Crippen LogP contribution >= 0.6 is 12.2 Å². The number of methoxy groups -OCH3 is 1. The lowest BCUT2D eigenvalue weighted by Gasteiger charge is -2.00. The van der Waals surface area contributed by atoms with E-state index in [1.54, 1.807) is 13.3 Å². The lowest BCUT2D eigenvalue weighted by molar-refractivity contribution is 0.415. The second kappa shape index (κ2) is 6.65. The van der Waals surface area contributed by atoms with E-state index >= 15 is 0 Å². The van der Waals surface area contributed by atoms with Gasteiger partial charge in [-0.1, -0.05) is 18.2 Å². The molecule has 0 aromatic heterocycles. The van der Waals surface area contributed by atoms with E-state index < -0.39 is 0 Å². The van der Waals surface area contributed by atoms with Gasteiger partial charge in [0.1, 0.15) is 5.75 Å². The predicted octanol–water partition coefficient (Wildman–Crippen LogP) is 1.92.